The van der Waals surface area contributed by atoms with Crippen LogP contribution in [0.3, 0.4) is 0 Å². The van der Waals surface area contributed by atoms with E-state index in [4.69, 9.17) is 0 Å². The summed E-state index contributed by atoms with van der Waals surface area (Å²) in [5, 5.41) is 19.8. The summed E-state index contributed by atoms with van der Waals surface area (Å²) in [5.41, 5.74) is 22.7. The van der Waals surface area contributed by atoms with E-state index in [1.807, 2.05) is 37.4 Å². The smallest absolute Gasteiger partial charge is 0.309 e. The predicted octanol–water partition coefficient (Wildman–Crippen LogP) is 24.7. The van der Waals surface area contributed by atoms with E-state index in [1.165, 1.54) is 115 Å². The number of fused-ring (bicyclic) bond motifs is 16. The Balaban J connectivity index is 0.657. The van der Waals surface area contributed by atoms with E-state index < -0.39 is 25.4 Å². The molecule has 3 aliphatic rings. The number of hydrogen-bond acceptors (Lipinski definition) is 5. The molecule has 0 amide bonds. The summed E-state index contributed by atoms with van der Waals surface area (Å²) in [4.78, 5) is 9.75. The summed E-state index contributed by atoms with van der Waals surface area (Å²) in [6, 6.07) is 117. The molecular weight excluding hydrogens is 1360 g/mol. The van der Waals surface area contributed by atoms with Crippen LogP contribution in [0.4, 0.5) is 34.1 Å². The van der Waals surface area contributed by atoms with Crippen LogP contribution in [-0.4, -0.2) is 24.4 Å². The van der Waals surface area contributed by atoms with Crippen LogP contribution in [0.5, 0.6) is 0 Å². The monoisotopic (exact) mass is 1420 g/mol. The van der Waals surface area contributed by atoms with Crippen molar-refractivity contribution >= 4 is 143 Å². The van der Waals surface area contributed by atoms with Crippen molar-refractivity contribution in [3.63, 3.8) is 0 Å². The standard InChI is InChI=1S/C90H64IN5OS2/c1-90(2,97)74(58-37-42-62(43-38-58)93-84-49-45-64(95-78-31-15-8-24-70(78)71-25-9-16-32-79(71)95)54-88(84)99-89-55-65(46-50-85(89)93)96-80-33-17-10-26-72(80)73-27-11-18-34-81(73)96)51-57-35-40-61(41-36-57)92-82-47-39-60(91-56-59-19-3-4-20-66(59)67-21-5-12-28-75(67)91)52-86(82)98-87-53-63(44-48-83(87)92)94-76-29-13-6-22-68(76)69-23-7-14-30-77(69)94/h3-50,52-55,74,97H,51,56H2,1-2H3. The molecule has 3 aliphatic heterocycles. The third-order valence-electron chi connectivity index (χ3n) is 20.7. The summed E-state index contributed by atoms with van der Waals surface area (Å²) in [6.07, 6.45) is 0.651. The van der Waals surface area contributed by atoms with Crippen LogP contribution in [0.15, 0.2) is 335 Å². The molecule has 6 nitrogen and oxygen atoms in total. The number of alkyl halides is 1. The van der Waals surface area contributed by atoms with Crippen molar-refractivity contribution in [2.45, 2.75) is 55.8 Å². The van der Waals surface area contributed by atoms with Gasteiger partial charge in [0.15, 0.2) is 0 Å². The zero-order valence-electron chi connectivity index (χ0n) is 54.4. The molecule has 0 saturated heterocycles. The fourth-order valence-electron chi connectivity index (χ4n) is 16.1. The Morgan fingerprint density at radius 3 is 1.12 bits per heavy atom. The van der Waals surface area contributed by atoms with Gasteiger partial charge >= 0.3 is 310 Å². The van der Waals surface area contributed by atoms with E-state index in [1.54, 1.807) is 0 Å². The van der Waals surface area contributed by atoms with Gasteiger partial charge in [-0.1, -0.05) is 96.7 Å². The van der Waals surface area contributed by atoms with Crippen molar-refractivity contribution in [3.05, 3.63) is 339 Å². The van der Waals surface area contributed by atoms with Crippen LogP contribution in [0.2, 0.25) is 0 Å². The molecule has 3 aromatic heterocycles. The molecule has 0 spiro atoms. The minimum absolute atomic E-state index is 0.205. The van der Waals surface area contributed by atoms with Crippen molar-refractivity contribution in [2.75, 3.05) is 9.80 Å². The van der Waals surface area contributed by atoms with Crippen LogP contribution in [-0.2, 0) is 10.8 Å². The normalized spacial score (nSPS) is 14.0. The van der Waals surface area contributed by atoms with Gasteiger partial charge in [-0.15, -0.1) is 0 Å². The van der Waals surface area contributed by atoms with Gasteiger partial charge in [-0.2, -0.15) is 0 Å². The molecule has 9 heteroatoms. The number of para-hydroxylation sites is 6. The zero-order chi connectivity index (χ0) is 65.6. The summed E-state index contributed by atoms with van der Waals surface area (Å²) < 4.78 is 11.4. The quantitative estimate of drug-likeness (QED) is 0.109. The van der Waals surface area contributed by atoms with Crippen molar-refractivity contribution in [2.24, 2.45) is 0 Å². The van der Waals surface area contributed by atoms with Gasteiger partial charge in [-0.05, 0) is 86.6 Å². The maximum atomic E-state index is 12.3. The molecule has 1 atom stereocenters. The first kappa shape index (κ1) is 58.6. The average molecular weight is 1420 g/mol. The number of rotatable bonds is 10. The molecule has 1 unspecified atom stereocenters. The van der Waals surface area contributed by atoms with Crippen molar-refractivity contribution in [1.29, 1.82) is 0 Å². The molecule has 20 rings (SSSR count). The average Bonchev–Trinajstić information content (AvgIpc) is 1.73. The molecule has 14 aromatic carbocycles. The van der Waals surface area contributed by atoms with Crippen LogP contribution in [0.25, 0.3) is 93.6 Å². The fraction of sp³-hybridized carbons (Fsp3) is 0.0667. The minimum atomic E-state index is -1.90. The van der Waals surface area contributed by atoms with E-state index in [0.717, 1.165) is 61.1 Å². The molecule has 0 aliphatic carbocycles. The number of halogens is 1. The summed E-state index contributed by atoms with van der Waals surface area (Å²) in [6.45, 7) is 3.93. The first-order chi connectivity index (χ1) is 48.7. The molecule has 0 radical (unpaired) electrons. The van der Waals surface area contributed by atoms with Crippen LogP contribution < -0.4 is 9.80 Å². The Morgan fingerprint density at radius 2 is 0.697 bits per heavy atom. The molecule has 0 fully saturated rings. The Hall–Kier alpha value is -10.5. The second-order valence-electron chi connectivity index (χ2n) is 26.9. The Morgan fingerprint density at radius 1 is 0.354 bits per heavy atom. The third-order valence-corrected chi connectivity index (χ3v) is 29.0. The Labute approximate surface area is 590 Å². The maximum absolute atomic E-state index is 12.3. The van der Waals surface area contributed by atoms with E-state index in [0.29, 0.717) is 6.42 Å². The fourth-order valence-corrected chi connectivity index (χ4v) is 24.7. The molecule has 0 bridgehead atoms. The van der Waals surface area contributed by atoms with Gasteiger partial charge in [0.2, 0.25) is 0 Å². The van der Waals surface area contributed by atoms with Crippen LogP contribution in [0.1, 0.15) is 36.5 Å². The SMILES string of the molecule is CC(C)(O)C(Cc1ccc(N2c3ccc(-n4c5ccccc5c5ccccc54)cc3Sc3cc(I4Cc5ccccc5-c5ccccc54)ccc32)cc1)c1ccc(N2c3ccc(-n4c5ccccc5c5ccccc54)cc3Sc3cc(-n4c5ccccc5c5ccccc54)ccc32)cc1. The molecular formula is C90H64IN5OS2. The number of anilines is 6. The van der Waals surface area contributed by atoms with Gasteiger partial charge in [0.25, 0.3) is 0 Å². The molecule has 474 valence electrons. The Bertz CT molecular complexity index is 5830. The van der Waals surface area contributed by atoms with E-state index in [-0.39, 0.29) is 5.92 Å². The van der Waals surface area contributed by atoms with Gasteiger partial charge in [-0.3, -0.25) is 0 Å². The van der Waals surface area contributed by atoms with E-state index >= 15 is 0 Å². The summed E-state index contributed by atoms with van der Waals surface area (Å²) >= 11 is 1.84. The van der Waals surface area contributed by atoms with E-state index in [2.05, 4.69) is 339 Å². The predicted molar refractivity (Wildman–Crippen MR) is 423 cm³/mol. The first-order valence-corrected chi connectivity index (χ1v) is 39.3. The molecule has 6 heterocycles. The molecule has 1 N–H and O–H groups in total. The second-order valence-corrected chi connectivity index (χ2v) is 34.3. The van der Waals surface area contributed by atoms with Crippen LogP contribution in [0, 0.1) is 7.14 Å². The minimum Gasteiger partial charge on any atom is -0.309 e. The topological polar surface area (TPSA) is 41.5 Å². The van der Waals surface area contributed by atoms with Gasteiger partial charge in [0.1, 0.15) is 0 Å². The third kappa shape index (κ3) is 9.49. The molecule has 99 heavy (non-hydrogen) atoms. The van der Waals surface area contributed by atoms with Gasteiger partial charge in [0.05, 0.1) is 33.4 Å². The summed E-state index contributed by atoms with van der Waals surface area (Å²) in [5.74, 6) is -0.205. The van der Waals surface area contributed by atoms with Crippen molar-refractivity contribution in [3.8, 4) is 28.2 Å². The number of benzene rings is 14. The van der Waals surface area contributed by atoms with Gasteiger partial charge in [0, 0.05) is 48.4 Å². The zero-order valence-corrected chi connectivity index (χ0v) is 58.2. The van der Waals surface area contributed by atoms with Crippen LogP contribution >= 0.6 is 43.3 Å². The number of nitrogens with zero attached hydrogens (tertiary/aromatic N) is 5. The molecule has 0 saturated carbocycles. The number of aliphatic hydroxyl groups is 1. The van der Waals surface area contributed by atoms with E-state index in [9.17, 15) is 5.11 Å². The molecule has 17 aromatic rings. The van der Waals surface area contributed by atoms with Crippen molar-refractivity contribution in [1.82, 2.24) is 13.7 Å². The number of aromatic nitrogens is 3. The van der Waals surface area contributed by atoms with Gasteiger partial charge in [-0.25, -0.2) is 0 Å². The first-order valence-electron chi connectivity index (χ1n) is 33.9. The van der Waals surface area contributed by atoms with Crippen molar-refractivity contribution < 1.29 is 5.11 Å². The number of hydrogen-bond donors (Lipinski definition) is 1. The Kier molecular flexibility index (Phi) is 13.6. The van der Waals surface area contributed by atoms with Gasteiger partial charge < -0.3 is 19.1 Å². The summed E-state index contributed by atoms with van der Waals surface area (Å²) in [7, 11) is 0. The second kappa shape index (κ2) is 23.0.